The van der Waals surface area contributed by atoms with Gasteiger partial charge in [0.25, 0.3) is 6.71 Å². The zero-order valence-corrected chi connectivity index (χ0v) is 79.5. The van der Waals surface area contributed by atoms with Gasteiger partial charge in [0.1, 0.15) is 0 Å². The molecule has 0 N–H and O–H groups in total. The zero-order valence-electron chi connectivity index (χ0n) is 79.5. The van der Waals surface area contributed by atoms with Gasteiger partial charge in [0.2, 0.25) is 0 Å². The van der Waals surface area contributed by atoms with E-state index in [9.17, 15) is 0 Å². The fourth-order valence-electron chi connectivity index (χ4n) is 22.3. The van der Waals surface area contributed by atoms with E-state index < -0.39 is 10.8 Å². The second-order valence-electron chi connectivity index (χ2n) is 44.9. The minimum atomic E-state index is -0.566. The summed E-state index contributed by atoms with van der Waals surface area (Å²) in [6, 6.07) is 130. The molecule has 0 atom stereocenters. The molecule has 0 bridgehead atoms. The maximum absolute atomic E-state index is 2.82. The van der Waals surface area contributed by atoms with E-state index in [1.165, 1.54) is 171 Å². The molecule has 16 aromatic carbocycles. The van der Waals surface area contributed by atoms with E-state index in [1.54, 1.807) is 0 Å². The summed E-state index contributed by atoms with van der Waals surface area (Å²) in [6.07, 6.45) is 0. The third kappa shape index (κ3) is 12.8. The van der Waals surface area contributed by atoms with E-state index in [0.717, 1.165) is 62.1 Å². The van der Waals surface area contributed by atoms with Crippen molar-refractivity contribution in [1.29, 1.82) is 0 Å². The molecule has 4 nitrogen and oxygen atoms in total. The Labute approximate surface area is 770 Å². The highest BCUT2D eigenvalue weighted by atomic mass is 15.2. The lowest BCUT2D eigenvalue weighted by atomic mass is 9.33. The molecule has 0 saturated heterocycles. The van der Waals surface area contributed by atoms with Crippen LogP contribution in [0.3, 0.4) is 0 Å². The first-order valence-corrected chi connectivity index (χ1v) is 47.1. The predicted octanol–water partition coefficient (Wildman–Crippen LogP) is 32.1. The Bertz CT molecular complexity index is 7460. The van der Waals surface area contributed by atoms with Gasteiger partial charge in [-0.15, -0.1) is 0 Å². The molecule has 2 aliphatic heterocycles. The van der Waals surface area contributed by atoms with Crippen LogP contribution in [0.1, 0.15) is 207 Å². The van der Waals surface area contributed by atoms with Crippen LogP contribution in [-0.2, 0) is 43.3 Å². The van der Waals surface area contributed by atoms with Crippen molar-refractivity contribution in [2.24, 2.45) is 0 Å². The maximum Gasteiger partial charge on any atom is 0.252 e. The molecule has 0 radical (unpaired) electrons. The molecule has 0 unspecified atom stereocenters. The first-order valence-electron chi connectivity index (χ1n) is 47.1. The second-order valence-corrected chi connectivity index (χ2v) is 44.9. The van der Waals surface area contributed by atoms with Crippen LogP contribution >= 0.6 is 0 Å². The number of rotatable bonds is 8. The molecule has 22 rings (SSSR count). The Morgan fingerprint density at radius 3 is 0.823 bits per heavy atom. The average Bonchev–Trinajstić information content (AvgIpc) is 1.63. The summed E-state index contributed by atoms with van der Waals surface area (Å²) in [5, 5.41) is 4.90. The molecule has 4 aliphatic rings. The number of benzene rings is 16. The minimum absolute atomic E-state index is 0.0806. The summed E-state index contributed by atoms with van der Waals surface area (Å²) in [6.45, 7) is 49.5. The highest BCUT2D eigenvalue weighted by Crippen LogP contribution is 2.65. The molecule has 2 aromatic heterocycles. The molecular formula is C125H117BN4. The largest absolute Gasteiger partial charge is 0.310 e. The van der Waals surface area contributed by atoms with Crippen LogP contribution in [0.4, 0.5) is 34.1 Å². The monoisotopic (exact) mass is 1680 g/mol. The summed E-state index contributed by atoms with van der Waals surface area (Å²) in [7, 11) is 0. The van der Waals surface area contributed by atoms with Gasteiger partial charge in [0, 0.05) is 77.9 Å². The van der Waals surface area contributed by atoms with Crippen LogP contribution < -0.4 is 26.2 Å². The smallest absolute Gasteiger partial charge is 0.252 e. The van der Waals surface area contributed by atoms with Crippen molar-refractivity contribution in [3.8, 4) is 78.1 Å². The van der Waals surface area contributed by atoms with E-state index >= 15 is 0 Å². The molecule has 1 spiro atoms. The van der Waals surface area contributed by atoms with Crippen molar-refractivity contribution in [3.63, 3.8) is 0 Å². The number of fused-ring (bicyclic) bond motifs is 20. The van der Waals surface area contributed by atoms with E-state index in [-0.39, 0.29) is 39.2 Å². The molecule has 2 aliphatic carbocycles. The quantitative estimate of drug-likeness (QED) is 0.141. The molecule has 5 heteroatoms. The number of hydrogen-bond acceptors (Lipinski definition) is 2. The van der Waals surface area contributed by atoms with Gasteiger partial charge in [-0.05, 0) is 251 Å². The van der Waals surface area contributed by atoms with Crippen molar-refractivity contribution in [2.45, 2.75) is 189 Å². The number of anilines is 6. The average molecular weight is 1690 g/mol. The van der Waals surface area contributed by atoms with E-state index in [2.05, 4.69) is 492 Å². The highest BCUT2D eigenvalue weighted by Gasteiger charge is 2.53. The van der Waals surface area contributed by atoms with Gasteiger partial charge in [0.15, 0.2) is 0 Å². The van der Waals surface area contributed by atoms with Crippen LogP contribution in [0.5, 0.6) is 0 Å². The number of nitrogens with zero attached hydrogens (tertiary/aromatic N) is 4. The zero-order chi connectivity index (χ0) is 90.3. The van der Waals surface area contributed by atoms with Gasteiger partial charge in [-0.3, -0.25) is 0 Å². The molecule has 0 fully saturated rings. The Balaban J connectivity index is 0.915. The Kier molecular flexibility index (Phi) is 18.3. The van der Waals surface area contributed by atoms with Crippen LogP contribution in [0.2, 0.25) is 0 Å². The fourth-order valence-corrected chi connectivity index (χ4v) is 22.3. The first kappa shape index (κ1) is 82.5. The molecular weight excluding hydrogens is 1570 g/mol. The highest BCUT2D eigenvalue weighted by molar-refractivity contribution is 7.00. The second kappa shape index (κ2) is 28.9. The van der Waals surface area contributed by atoms with Gasteiger partial charge in [0.05, 0.1) is 38.9 Å². The molecule has 0 saturated carbocycles. The summed E-state index contributed by atoms with van der Waals surface area (Å²) >= 11 is 0. The third-order valence-electron chi connectivity index (χ3n) is 29.4. The van der Waals surface area contributed by atoms with E-state index in [4.69, 9.17) is 0 Å². The molecule has 640 valence electrons. The van der Waals surface area contributed by atoms with E-state index in [1.807, 2.05) is 0 Å². The summed E-state index contributed by atoms with van der Waals surface area (Å²) in [5.41, 5.74) is 44.4. The van der Waals surface area contributed by atoms with Crippen LogP contribution in [0, 0.1) is 0 Å². The normalized spacial score (nSPS) is 14.1. The Hall–Kier alpha value is -13.2. The fraction of sp³-hybridized carbons (Fsp3) is 0.232. The van der Waals surface area contributed by atoms with Crippen molar-refractivity contribution < 1.29 is 0 Å². The SMILES string of the molecule is CC(C)(C)c1ccc(-c2cc(C(C)(C)C)cc(-c3ccc(C(C)(C)C)cc3)c2N2c3cc(-n4c5ccccc5c5ccccc54)ccc3B3c4ccc(-n5c6ccccc6c6cc7c(cc65)C5(c6ccccc6-c6ccccc65)c5ccccc5-7)cc4N(c4c(-c5ccc(C(C)(C)C)cc5)cc(C(C)(C)C)cc4-c4ccc(C(C)(C)C)cc4)c4cc(C(C)(C)C)cc2c43)cc1. The number of para-hydroxylation sites is 3. The van der Waals surface area contributed by atoms with Crippen LogP contribution in [0.25, 0.3) is 122 Å². The number of hydrogen-bond donors (Lipinski definition) is 0. The van der Waals surface area contributed by atoms with Gasteiger partial charge in [-0.1, -0.05) is 382 Å². The maximum atomic E-state index is 2.82. The lowest BCUT2D eigenvalue weighted by Crippen LogP contribution is -2.61. The lowest BCUT2D eigenvalue weighted by Gasteiger charge is -2.47. The lowest BCUT2D eigenvalue weighted by molar-refractivity contribution is 0.589. The minimum Gasteiger partial charge on any atom is -0.310 e. The van der Waals surface area contributed by atoms with Gasteiger partial charge >= 0.3 is 0 Å². The Morgan fingerprint density at radius 2 is 0.492 bits per heavy atom. The molecule has 4 heterocycles. The van der Waals surface area contributed by atoms with Crippen molar-refractivity contribution >= 4 is 101 Å². The summed E-state index contributed by atoms with van der Waals surface area (Å²) in [5.74, 6) is 0. The predicted molar refractivity (Wildman–Crippen MR) is 558 cm³/mol. The molecule has 18 aromatic rings. The van der Waals surface area contributed by atoms with Gasteiger partial charge < -0.3 is 18.9 Å². The van der Waals surface area contributed by atoms with Crippen molar-refractivity contribution in [3.05, 3.63) is 389 Å². The van der Waals surface area contributed by atoms with Gasteiger partial charge in [-0.25, -0.2) is 0 Å². The third-order valence-corrected chi connectivity index (χ3v) is 29.4. The topological polar surface area (TPSA) is 16.3 Å². The molecule has 130 heavy (non-hydrogen) atoms. The van der Waals surface area contributed by atoms with E-state index in [0.29, 0.717) is 0 Å². The standard InChI is InChI=1S/C125H117BN4/c1-118(2,3)80-54-46-76(47-55-80)95-66-84(122(13,14)15)67-96(77-48-56-81(57-49-77)119(4,5)6)116(95)129-111-72-87(127-107-43-31-25-37-92(107)93-38-26-32-44-108(93)127)62-64-105(111)126-106-65-63-88(128-109-45-33-27-39-94(109)100-74-99-91-36-24-30-42-103(91)125(104(99)75-110(100)128)101-40-28-22-34-89(101)90-35-23-29-41-102(90)125)73-112(106)130(114-71-86(124(19,20)21)70-113(129)115(114)126)117-97(78-50-58-82(59-51-78)120(7,8)9)68-85(123(16,17)18)69-98(117)79-52-60-83(61-53-79)121(10,11)12/h22-75H,1-21H3. The summed E-state index contributed by atoms with van der Waals surface area (Å²) in [4.78, 5) is 5.61. The number of aromatic nitrogens is 2. The van der Waals surface area contributed by atoms with Crippen LogP contribution in [-0.4, -0.2) is 15.8 Å². The Morgan fingerprint density at radius 1 is 0.208 bits per heavy atom. The van der Waals surface area contributed by atoms with Crippen molar-refractivity contribution in [1.82, 2.24) is 9.13 Å². The molecule has 0 amide bonds. The first-order chi connectivity index (χ1) is 61.9. The van der Waals surface area contributed by atoms with Crippen molar-refractivity contribution in [2.75, 3.05) is 9.80 Å². The van der Waals surface area contributed by atoms with Gasteiger partial charge in [-0.2, -0.15) is 0 Å². The summed E-state index contributed by atoms with van der Waals surface area (Å²) < 4.78 is 5.18. The van der Waals surface area contributed by atoms with Crippen LogP contribution in [0.15, 0.2) is 328 Å².